The molecule has 0 unspecified atom stereocenters. The molecule has 3 aromatic rings. The van der Waals surface area contributed by atoms with Crippen LogP contribution in [0.15, 0.2) is 70.5 Å². The van der Waals surface area contributed by atoms with Crippen LogP contribution in [0.3, 0.4) is 0 Å². The van der Waals surface area contributed by atoms with Crippen molar-refractivity contribution < 1.29 is 14.6 Å². The lowest BCUT2D eigenvalue weighted by atomic mass is 9.93. The zero-order valence-corrected chi connectivity index (χ0v) is 18.0. The molecule has 2 atom stereocenters. The molecule has 0 bridgehead atoms. The maximum atomic E-state index is 13.3. The van der Waals surface area contributed by atoms with E-state index in [-0.39, 0.29) is 23.8 Å². The van der Waals surface area contributed by atoms with Crippen LogP contribution in [-0.4, -0.2) is 46.5 Å². The first kappa shape index (κ1) is 19.5. The topological polar surface area (TPSA) is 75.0 Å². The van der Waals surface area contributed by atoms with Crippen LogP contribution in [0.25, 0.3) is 0 Å². The van der Waals surface area contributed by atoms with Crippen molar-refractivity contribution >= 4 is 17.7 Å². The highest BCUT2D eigenvalue weighted by molar-refractivity contribution is 7.98. The third kappa shape index (κ3) is 2.79. The van der Waals surface area contributed by atoms with Gasteiger partial charge in [-0.05, 0) is 22.8 Å². The Labute approximate surface area is 188 Å². The fourth-order valence-electron chi connectivity index (χ4n) is 4.91. The molecular formula is C24H21N3O4S. The minimum atomic E-state index is -0.562. The Morgan fingerprint density at radius 3 is 2.66 bits per heavy atom. The summed E-state index contributed by atoms with van der Waals surface area (Å²) in [5.74, 6) is -0.0322. The lowest BCUT2D eigenvalue weighted by molar-refractivity contribution is -0.0197. The van der Waals surface area contributed by atoms with E-state index >= 15 is 0 Å². The SMILES string of the molecule is O=C1c2c(O)c(=O)ccn2N([C@H]2c3ccccc3CSc3ccccc32)[C@@H]2COCCN12. The van der Waals surface area contributed by atoms with E-state index in [2.05, 4.69) is 29.3 Å². The van der Waals surface area contributed by atoms with Gasteiger partial charge in [0.1, 0.15) is 6.17 Å². The predicted octanol–water partition coefficient (Wildman–Crippen LogP) is 2.70. The molecule has 0 aliphatic carbocycles. The zero-order valence-electron chi connectivity index (χ0n) is 17.2. The van der Waals surface area contributed by atoms with Crippen molar-refractivity contribution in [2.24, 2.45) is 0 Å². The van der Waals surface area contributed by atoms with Crippen molar-refractivity contribution in [1.29, 1.82) is 0 Å². The van der Waals surface area contributed by atoms with Gasteiger partial charge in [0.25, 0.3) is 5.91 Å². The van der Waals surface area contributed by atoms with E-state index in [1.807, 2.05) is 24.3 Å². The number of morpholine rings is 1. The summed E-state index contributed by atoms with van der Waals surface area (Å²) in [7, 11) is 0. The molecule has 3 aliphatic heterocycles. The minimum Gasteiger partial charge on any atom is -0.502 e. The van der Waals surface area contributed by atoms with E-state index in [0.29, 0.717) is 19.8 Å². The first-order chi connectivity index (χ1) is 15.6. The average Bonchev–Trinajstić information content (AvgIpc) is 2.99. The second-order valence-electron chi connectivity index (χ2n) is 8.08. The second-order valence-corrected chi connectivity index (χ2v) is 9.10. The molecule has 1 saturated heterocycles. The highest BCUT2D eigenvalue weighted by Gasteiger charge is 2.45. The molecule has 0 saturated carbocycles. The molecule has 0 spiro atoms. The van der Waals surface area contributed by atoms with Gasteiger partial charge < -0.3 is 14.7 Å². The third-order valence-corrected chi connectivity index (χ3v) is 7.52. The van der Waals surface area contributed by atoms with Gasteiger partial charge in [0.2, 0.25) is 5.43 Å². The Balaban J connectivity index is 1.66. The van der Waals surface area contributed by atoms with Crippen LogP contribution in [-0.2, 0) is 10.5 Å². The highest BCUT2D eigenvalue weighted by Crippen LogP contribution is 2.44. The first-order valence-electron chi connectivity index (χ1n) is 10.6. The molecule has 6 rings (SSSR count). The van der Waals surface area contributed by atoms with Crippen molar-refractivity contribution in [2.75, 3.05) is 24.8 Å². The first-order valence-corrected chi connectivity index (χ1v) is 11.5. The lowest BCUT2D eigenvalue weighted by Gasteiger charge is -2.51. The van der Waals surface area contributed by atoms with Crippen molar-refractivity contribution in [3.05, 3.63) is 93.4 Å². The van der Waals surface area contributed by atoms with E-state index < -0.39 is 11.2 Å². The van der Waals surface area contributed by atoms with E-state index in [1.165, 1.54) is 16.5 Å². The van der Waals surface area contributed by atoms with Crippen molar-refractivity contribution in [3.8, 4) is 5.75 Å². The molecule has 8 heteroatoms. The van der Waals surface area contributed by atoms with Gasteiger partial charge in [0, 0.05) is 29.5 Å². The van der Waals surface area contributed by atoms with Crippen LogP contribution in [0.5, 0.6) is 5.75 Å². The molecule has 1 amide bonds. The molecule has 4 heterocycles. The summed E-state index contributed by atoms with van der Waals surface area (Å²) in [5, 5.41) is 12.7. The number of benzene rings is 2. The molecule has 0 radical (unpaired) electrons. The number of fused-ring (bicyclic) bond motifs is 4. The summed E-state index contributed by atoms with van der Waals surface area (Å²) in [6.07, 6.45) is 1.21. The molecule has 1 fully saturated rings. The summed E-state index contributed by atoms with van der Waals surface area (Å²) >= 11 is 1.79. The molecular weight excluding hydrogens is 426 g/mol. The fraction of sp³-hybridized carbons (Fsp3) is 0.250. The summed E-state index contributed by atoms with van der Waals surface area (Å²) < 4.78 is 7.46. The number of aromatic nitrogens is 1. The Kier molecular flexibility index (Phi) is 4.51. The Bertz CT molecular complexity index is 1240. The van der Waals surface area contributed by atoms with Gasteiger partial charge in [0.15, 0.2) is 11.4 Å². The summed E-state index contributed by atoms with van der Waals surface area (Å²) in [5.41, 5.74) is 2.90. The van der Waals surface area contributed by atoms with Crippen LogP contribution in [0.1, 0.15) is 33.2 Å². The van der Waals surface area contributed by atoms with Gasteiger partial charge in [-0.15, -0.1) is 11.8 Å². The maximum absolute atomic E-state index is 13.3. The summed E-state index contributed by atoms with van der Waals surface area (Å²) in [4.78, 5) is 28.5. The highest BCUT2D eigenvalue weighted by atomic mass is 32.2. The number of thioether (sulfide) groups is 1. The Morgan fingerprint density at radius 1 is 1.00 bits per heavy atom. The quantitative estimate of drug-likeness (QED) is 0.618. The zero-order chi connectivity index (χ0) is 21.8. The number of aromatic hydroxyl groups is 1. The van der Waals surface area contributed by atoms with Crippen LogP contribution in [0.4, 0.5) is 0 Å². The van der Waals surface area contributed by atoms with Crippen molar-refractivity contribution in [1.82, 2.24) is 9.58 Å². The number of amides is 1. The normalized spacial score (nSPS) is 21.8. The smallest absolute Gasteiger partial charge is 0.278 e. The molecule has 1 N–H and O–H groups in total. The van der Waals surface area contributed by atoms with E-state index in [1.54, 1.807) is 27.5 Å². The number of carbonyl (C=O) groups excluding carboxylic acids is 1. The van der Waals surface area contributed by atoms with Crippen LogP contribution < -0.4 is 10.4 Å². The maximum Gasteiger partial charge on any atom is 0.278 e. The number of hydrogen-bond acceptors (Lipinski definition) is 6. The Morgan fingerprint density at radius 2 is 1.78 bits per heavy atom. The van der Waals surface area contributed by atoms with Gasteiger partial charge in [-0.25, -0.2) is 0 Å². The minimum absolute atomic E-state index is 0.00233. The van der Waals surface area contributed by atoms with Gasteiger partial charge >= 0.3 is 0 Å². The van der Waals surface area contributed by atoms with Gasteiger partial charge in [-0.1, -0.05) is 42.5 Å². The van der Waals surface area contributed by atoms with E-state index in [0.717, 1.165) is 16.9 Å². The number of nitrogens with zero attached hydrogens (tertiary/aromatic N) is 3. The van der Waals surface area contributed by atoms with Crippen molar-refractivity contribution in [3.63, 3.8) is 0 Å². The monoisotopic (exact) mass is 447 g/mol. The van der Waals surface area contributed by atoms with Gasteiger partial charge in [0.05, 0.1) is 19.3 Å². The van der Waals surface area contributed by atoms with Gasteiger partial charge in [-0.3, -0.25) is 19.3 Å². The van der Waals surface area contributed by atoms with E-state index in [4.69, 9.17) is 4.74 Å². The number of rotatable bonds is 1. The number of ether oxygens (including phenoxy) is 1. The molecule has 1 aromatic heterocycles. The number of hydrogen-bond donors (Lipinski definition) is 1. The average molecular weight is 448 g/mol. The summed E-state index contributed by atoms with van der Waals surface area (Å²) in [6, 6.07) is 17.7. The molecule has 2 aromatic carbocycles. The second kappa shape index (κ2) is 7.43. The van der Waals surface area contributed by atoms with Crippen molar-refractivity contribution in [2.45, 2.75) is 22.9 Å². The van der Waals surface area contributed by atoms with Crippen LogP contribution in [0, 0.1) is 0 Å². The van der Waals surface area contributed by atoms with Crippen LogP contribution >= 0.6 is 11.8 Å². The number of pyridine rings is 1. The van der Waals surface area contributed by atoms with E-state index in [9.17, 15) is 14.7 Å². The predicted molar refractivity (Wildman–Crippen MR) is 121 cm³/mol. The fourth-order valence-corrected chi connectivity index (χ4v) is 6.00. The Hall–Kier alpha value is -3.23. The van der Waals surface area contributed by atoms with Crippen LogP contribution in [0.2, 0.25) is 0 Å². The summed E-state index contributed by atoms with van der Waals surface area (Å²) in [6.45, 7) is 1.15. The molecule has 7 nitrogen and oxygen atoms in total. The standard InChI is InChI=1S/C24H21N3O4S/c28-18-9-10-26-22(23(18)29)24(30)25-11-12-31-13-20(25)27(26)21-16-6-2-1-5-15(16)14-32-19-8-4-3-7-17(19)21/h1-10,20-21,29H,11-14H2/t20-,21+/m1/s1. The largest absolute Gasteiger partial charge is 0.502 e. The molecule has 162 valence electrons. The van der Waals surface area contributed by atoms with Gasteiger partial charge in [-0.2, -0.15) is 0 Å². The number of carbonyl (C=O) groups is 1. The lowest BCUT2D eigenvalue weighted by Crippen LogP contribution is -2.66. The molecule has 3 aliphatic rings. The third-order valence-electron chi connectivity index (χ3n) is 6.39. The molecule has 32 heavy (non-hydrogen) atoms.